The summed E-state index contributed by atoms with van der Waals surface area (Å²) in [6.45, 7) is 2.08. The Bertz CT molecular complexity index is 790. The number of rotatable bonds is 4. The summed E-state index contributed by atoms with van der Waals surface area (Å²) in [6.07, 6.45) is 3.75. The SMILES string of the molecule is CN1CCC(N(C)C(=O)C2(c3cc(-c4ccc(Cl)cc4)on3)CC2)CC1. The summed E-state index contributed by atoms with van der Waals surface area (Å²) in [5, 5.41) is 4.93. The second kappa shape index (κ2) is 6.71. The zero-order valence-electron chi connectivity index (χ0n) is 15.2. The number of nitrogens with zero attached hydrogens (tertiary/aromatic N) is 3. The molecule has 0 radical (unpaired) electrons. The van der Waals surface area contributed by atoms with Crippen molar-refractivity contribution in [3.05, 3.63) is 41.0 Å². The number of aromatic nitrogens is 1. The third-order valence-electron chi connectivity index (χ3n) is 5.84. The molecule has 1 amide bonds. The Morgan fingerprint density at radius 1 is 1.27 bits per heavy atom. The Morgan fingerprint density at radius 3 is 2.54 bits per heavy atom. The molecule has 1 saturated heterocycles. The number of amides is 1. The van der Waals surface area contributed by atoms with Gasteiger partial charge in [0.2, 0.25) is 5.91 Å². The van der Waals surface area contributed by atoms with Crippen molar-refractivity contribution in [3.8, 4) is 11.3 Å². The molecule has 1 aliphatic heterocycles. The van der Waals surface area contributed by atoms with Crippen molar-refractivity contribution in [1.82, 2.24) is 15.0 Å². The lowest BCUT2D eigenvalue weighted by Gasteiger charge is -2.36. The predicted molar refractivity (Wildman–Crippen MR) is 101 cm³/mol. The minimum atomic E-state index is -0.494. The summed E-state index contributed by atoms with van der Waals surface area (Å²) in [6, 6.07) is 9.68. The Morgan fingerprint density at radius 2 is 1.92 bits per heavy atom. The van der Waals surface area contributed by atoms with E-state index in [1.807, 2.05) is 42.3 Å². The van der Waals surface area contributed by atoms with Gasteiger partial charge in [0, 0.05) is 29.7 Å². The number of benzene rings is 1. The molecule has 138 valence electrons. The summed E-state index contributed by atoms with van der Waals surface area (Å²) in [7, 11) is 4.08. The smallest absolute Gasteiger partial charge is 0.234 e. The van der Waals surface area contributed by atoms with E-state index in [-0.39, 0.29) is 5.91 Å². The Balaban J connectivity index is 1.52. The zero-order valence-corrected chi connectivity index (χ0v) is 16.0. The molecule has 5 nitrogen and oxygen atoms in total. The monoisotopic (exact) mass is 373 g/mol. The Hall–Kier alpha value is -1.85. The maximum atomic E-state index is 13.2. The van der Waals surface area contributed by atoms with Crippen LogP contribution in [0.25, 0.3) is 11.3 Å². The first-order chi connectivity index (χ1) is 12.5. The van der Waals surface area contributed by atoms with Crippen molar-refractivity contribution >= 4 is 17.5 Å². The molecule has 1 aromatic heterocycles. The highest BCUT2D eigenvalue weighted by molar-refractivity contribution is 6.30. The quantitative estimate of drug-likeness (QED) is 0.821. The second-order valence-electron chi connectivity index (χ2n) is 7.62. The molecule has 6 heteroatoms. The molecule has 4 rings (SSSR count). The van der Waals surface area contributed by atoms with Crippen molar-refractivity contribution < 1.29 is 9.32 Å². The van der Waals surface area contributed by atoms with Crippen LogP contribution in [0.15, 0.2) is 34.9 Å². The van der Waals surface area contributed by atoms with Gasteiger partial charge in [-0.05, 0) is 70.1 Å². The van der Waals surface area contributed by atoms with Gasteiger partial charge in [0.25, 0.3) is 0 Å². The lowest BCUT2D eigenvalue weighted by atomic mass is 9.96. The molecule has 2 fully saturated rings. The zero-order chi connectivity index (χ0) is 18.3. The van der Waals surface area contributed by atoms with Crippen molar-refractivity contribution in [2.45, 2.75) is 37.1 Å². The average Bonchev–Trinajstić information content (AvgIpc) is 3.31. The van der Waals surface area contributed by atoms with Crippen molar-refractivity contribution in [3.63, 3.8) is 0 Å². The second-order valence-corrected chi connectivity index (χ2v) is 8.05. The summed E-state index contributed by atoms with van der Waals surface area (Å²) in [5.74, 6) is 0.862. The van der Waals surface area contributed by atoms with Gasteiger partial charge in [0.1, 0.15) is 0 Å². The van der Waals surface area contributed by atoms with E-state index in [0.717, 1.165) is 50.0 Å². The normalized spacial score (nSPS) is 20.1. The average molecular weight is 374 g/mol. The summed E-state index contributed by atoms with van der Waals surface area (Å²) >= 11 is 5.95. The van der Waals surface area contributed by atoms with Crippen LogP contribution in [0.1, 0.15) is 31.4 Å². The van der Waals surface area contributed by atoms with Crippen LogP contribution in [0.4, 0.5) is 0 Å². The molecular weight excluding hydrogens is 350 g/mol. The first kappa shape index (κ1) is 17.6. The number of likely N-dealkylation sites (N-methyl/N-ethyl adjacent to an activating group) is 1. The van der Waals surface area contributed by atoms with Crippen LogP contribution in [0, 0.1) is 0 Å². The summed E-state index contributed by atoms with van der Waals surface area (Å²) < 4.78 is 5.54. The third kappa shape index (κ3) is 3.14. The van der Waals surface area contributed by atoms with Crippen LogP contribution >= 0.6 is 11.6 Å². The maximum absolute atomic E-state index is 13.2. The molecular formula is C20H24ClN3O2. The molecule has 0 spiro atoms. The number of hydrogen-bond donors (Lipinski definition) is 0. The number of likely N-dealkylation sites (tertiary alicyclic amines) is 1. The highest BCUT2D eigenvalue weighted by Crippen LogP contribution is 2.50. The fraction of sp³-hybridized carbons (Fsp3) is 0.500. The molecule has 0 N–H and O–H groups in total. The van der Waals surface area contributed by atoms with Crippen molar-refractivity contribution in [2.24, 2.45) is 0 Å². The highest BCUT2D eigenvalue weighted by atomic mass is 35.5. The summed E-state index contributed by atoms with van der Waals surface area (Å²) in [4.78, 5) is 17.5. The first-order valence-electron chi connectivity index (χ1n) is 9.18. The first-order valence-corrected chi connectivity index (χ1v) is 9.56. The minimum Gasteiger partial charge on any atom is -0.356 e. The fourth-order valence-corrected chi connectivity index (χ4v) is 3.97. The molecule has 0 unspecified atom stereocenters. The number of carbonyl (C=O) groups is 1. The molecule has 2 aliphatic rings. The number of hydrogen-bond acceptors (Lipinski definition) is 4. The van der Waals surface area contributed by atoms with Gasteiger partial charge in [-0.25, -0.2) is 0 Å². The van der Waals surface area contributed by atoms with Gasteiger partial charge in [-0.2, -0.15) is 0 Å². The molecule has 0 atom stereocenters. The van der Waals surface area contributed by atoms with Gasteiger partial charge in [0.05, 0.1) is 11.1 Å². The van der Waals surface area contributed by atoms with Crippen LogP contribution in [-0.2, 0) is 10.2 Å². The fourth-order valence-electron chi connectivity index (χ4n) is 3.84. The number of halogens is 1. The van der Waals surface area contributed by atoms with Crippen LogP contribution in [-0.4, -0.2) is 54.1 Å². The predicted octanol–water partition coefficient (Wildman–Crippen LogP) is 3.58. The summed E-state index contributed by atoms with van der Waals surface area (Å²) in [5.41, 5.74) is 1.18. The van der Waals surface area contributed by atoms with E-state index in [4.69, 9.17) is 16.1 Å². The van der Waals surface area contributed by atoms with E-state index >= 15 is 0 Å². The van der Waals surface area contributed by atoms with E-state index in [2.05, 4.69) is 17.1 Å². The molecule has 2 aromatic rings. The topological polar surface area (TPSA) is 49.6 Å². The highest BCUT2D eigenvalue weighted by Gasteiger charge is 2.55. The molecule has 26 heavy (non-hydrogen) atoms. The van der Waals surface area contributed by atoms with Crippen LogP contribution in [0.2, 0.25) is 5.02 Å². The Labute approximate surface area is 158 Å². The van der Waals surface area contributed by atoms with E-state index in [9.17, 15) is 4.79 Å². The van der Waals surface area contributed by atoms with Gasteiger partial charge in [-0.3, -0.25) is 4.79 Å². The number of carbonyl (C=O) groups excluding carboxylic acids is 1. The van der Waals surface area contributed by atoms with E-state index < -0.39 is 5.41 Å². The molecule has 1 aliphatic carbocycles. The Kier molecular flexibility index (Phi) is 4.53. The minimum absolute atomic E-state index is 0.183. The van der Waals surface area contributed by atoms with Gasteiger partial charge in [-0.1, -0.05) is 16.8 Å². The van der Waals surface area contributed by atoms with E-state index in [1.54, 1.807) is 0 Å². The van der Waals surface area contributed by atoms with Gasteiger partial charge in [0.15, 0.2) is 5.76 Å². The molecule has 1 saturated carbocycles. The van der Waals surface area contributed by atoms with E-state index in [0.29, 0.717) is 16.8 Å². The van der Waals surface area contributed by atoms with E-state index in [1.165, 1.54) is 0 Å². The molecule has 1 aromatic carbocycles. The largest absolute Gasteiger partial charge is 0.356 e. The standard InChI is InChI=1S/C20H24ClN3O2/c1-23-11-7-16(8-12-23)24(2)19(25)20(9-10-20)18-13-17(26-22-18)14-3-5-15(21)6-4-14/h3-6,13,16H,7-12H2,1-2H3. The maximum Gasteiger partial charge on any atom is 0.234 e. The van der Waals surface area contributed by atoms with Crippen molar-refractivity contribution in [1.29, 1.82) is 0 Å². The van der Waals surface area contributed by atoms with Crippen LogP contribution in [0.3, 0.4) is 0 Å². The van der Waals surface area contributed by atoms with Crippen LogP contribution < -0.4 is 0 Å². The molecule has 2 heterocycles. The van der Waals surface area contributed by atoms with Gasteiger partial charge >= 0.3 is 0 Å². The lowest BCUT2D eigenvalue weighted by Crippen LogP contribution is -2.47. The third-order valence-corrected chi connectivity index (χ3v) is 6.10. The van der Waals surface area contributed by atoms with Gasteiger partial charge in [-0.15, -0.1) is 0 Å². The van der Waals surface area contributed by atoms with Crippen molar-refractivity contribution in [2.75, 3.05) is 27.2 Å². The van der Waals surface area contributed by atoms with Gasteiger partial charge < -0.3 is 14.3 Å². The molecule has 0 bridgehead atoms. The lowest BCUT2D eigenvalue weighted by molar-refractivity contribution is -0.135. The number of piperidine rings is 1. The van der Waals surface area contributed by atoms with Crippen LogP contribution in [0.5, 0.6) is 0 Å².